The topological polar surface area (TPSA) is 91.0 Å². The molecule has 9 heteroatoms. The normalized spacial score (nSPS) is 20.5. The van der Waals surface area contributed by atoms with E-state index in [0.717, 1.165) is 12.8 Å². The van der Waals surface area contributed by atoms with Gasteiger partial charge in [0.2, 0.25) is 11.7 Å². The Morgan fingerprint density at radius 2 is 2.15 bits per heavy atom. The SMILES string of the molecule is C=CC(=O)N1C[C@H](Nc2ncnc3[nH]cc(C(=O)C(C)(F)F)c23)CC[C@@H]1C. The molecule has 2 atom stereocenters. The summed E-state index contributed by atoms with van der Waals surface area (Å²) >= 11 is 0. The predicted octanol–water partition coefficient (Wildman–Crippen LogP) is 2.77. The average Bonchev–Trinajstić information content (AvgIpc) is 3.06. The number of hydrogen-bond donors (Lipinski definition) is 2. The van der Waals surface area contributed by atoms with E-state index in [-0.39, 0.29) is 28.9 Å². The maximum atomic E-state index is 13.5. The molecule has 1 amide bonds. The summed E-state index contributed by atoms with van der Waals surface area (Å²) in [6, 6.07) is -0.0506. The Kier molecular flexibility index (Phi) is 4.95. The van der Waals surface area contributed by atoms with Crippen molar-refractivity contribution < 1.29 is 18.4 Å². The summed E-state index contributed by atoms with van der Waals surface area (Å²) in [6.07, 6.45) is 5.33. The second-order valence-corrected chi connectivity index (χ2v) is 6.83. The van der Waals surface area contributed by atoms with Crippen LogP contribution in [0.1, 0.15) is 37.0 Å². The number of aromatic nitrogens is 3. The molecular formula is C18H21F2N5O2. The molecule has 2 aromatic rings. The number of nitrogens with one attached hydrogen (secondary N) is 2. The molecule has 144 valence electrons. The van der Waals surface area contributed by atoms with Gasteiger partial charge >= 0.3 is 5.92 Å². The van der Waals surface area contributed by atoms with Crippen molar-refractivity contribution in [3.63, 3.8) is 0 Å². The monoisotopic (exact) mass is 377 g/mol. The number of anilines is 1. The lowest BCUT2D eigenvalue weighted by molar-refractivity contribution is -0.129. The summed E-state index contributed by atoms with van der Waals surface area (Å²) < 4.78 is 27.1. The maximum absolute atomic E-state index is 13.5. The van der Waals surface area contributed by atoms with Gasteiger partial charge in [0.05, 0.1) is 10.9 Å². The number of piperidine rings is 1. The van der Waals surface area contributed by atoms with Crippen molar-refractivity contribution in [1.82, 2.24) is 19.9 Å². The minimum atomic E-state index is -3.50. The third-order valence-corrected chi connectivity index (χ3v) is 4.79. The maximum Gasteiger partial charge on any atom is 0.307 e. The fraction of sp³-hybridized carbons (Fsp3) is 0.444. The van der Waals surface area contributed by atoms with E-state index < -0.39 is 11.7 Å². The molecule has 0 bridgehead atoms. The number of carbonyl (C=O) groups is 2. The van der Waals surface area contributed by atoms with Gasteiger partial charge in [0.25, 0.3) is 0 Å². The number of amides is 1. The van der Waals surface area contributed by atoms with Gasteiger partial charge in [0, 0.05) is 31.7 Å². The summed E-state index contributed by atoms with van der Waals surface area (Å²) in [7, 11) is 0. The molecular weight excluding hydrogens is 356 g/mol. The number of aromatic amines is 1. The van der Waals surface area contributed by atoms with E-state index in [1.807, 2.05) is 6.92 Å². The number of Topliss-reactive ketones (excluding diaryl/α,β-unsaturated/α-hetero) is 1. The number of H-pyrrole nitrogens is 1. The van der Waals surface area contributed by atoms with Gasteiger partial charge in [-0.2, -0.15) is 8.78 Å². The second kappa shape index (κ2) is 7.05. The van der Waals surface area contributed by atoms with E-state index in [1.165, 1.54) is 18.6 Å². The lowest BCUT2D eigenvalue weighted by atomic mass is 9.99. The molecule has 1 fully saturated rings. The molecule has 0 unspecified atom stereocenters. The van der Waals surface area contributed by atoms with Crippen LogP contribution in [0.4, 0.5) is 14.6 Å². The molecule has 1 aliphatic rings. The smallest absolute Gasteiger partial charge is 0.307 e. The fourth-order valence-corrected chi connectivity index (χ4v) is 3.33. The zero-order chi connectivity index (χ0) is 19.8. The van der Waals surface area contributed by atoms with Gasteiger partial charge in [0.1, 0.15) is 17.8 Å². The molecule has 0 aliphatic carbocycles. The van der Waals surface area contributed by atoms with Crippen LogP contribution in [0.25, 0.3) is 11.0 Å². The van der Waals surface area contributed by atoms with Gasteiger partial charge in [-0.3, -0.25) is 9.59 Å². The minimum Gasteiger partial charge on any atom is -0.365 e. The fourth-order valence-electron chi connectivity index (χ4n) is 3.33. The Labute approximate surface area is 154 Å². The summed E-state index contributed by atoms with van der Waals surface area (Å²) in [6.45, 7) is 6.48. The Balaban J connectivity index is 1.91. The zero-order valence-electron chi connectivity index (χ0n) is 15.1. The summed E-state index contributed by atoms with van der Waals surface area (Å²) in [4.78, 5) is 36.7. The van der Waals surface area contributed by atoms with Crippen molar-refractivity contribution in [3.8, 4) is 0 Å². The molecule has 1 saturated heterocycles. The highest BCUT2D eigenvalue weighted by atomic mass is 19.3. The number of halogens is 2. The van der Waals surface area contributed by atoms with E-state index >= 15 is 0 Å². The number of hydrogen-bond acceptors (Lipinski definition) is 5. The molecule has 0 spiro atoms. The average molecular weight is 377 g/mol. The molecule has 27 heavy (non-hydrogen) atoms. The second-order valence-electron chi connectivity index (χ2n) is 6.83. The minimum absolute atomic E-state index is 0.0853. The van der Waals surface area contributed by atoms with Crippen LogP contribution < -0.4 is 5.32 Å². The van der Waals surface area contributed by atoms with Gasteiger partial charge in [0.15, 0.2) is 0 Å². The number of alkyl halides is 2. The first kappa shape index (κ1) is 18.9. The van der Waals surface area contributed by atoms with Crippen molar-refractivity contribution in [2.24, 2.45) is 0 Å². The highest BCUT2D eigenvalue weighted by Gasteiger charge is 2.36. The van der Waals surface area contributed by atoms with Gasteiger partial charge in [-0.05, 0) is 25.8 Å². The number of nitrogens with zero attached hydrogens (tertiary/aromatic N) is 3. The largest absolute Gasteiger partial charge is 0.365 e. The quantitative estimate of drug-likeness (QED) is 0.618. The summed E-state index contributed by atoms with van der Waals surface area (Å²) in [5.41, 5.74) is 0.132. The third-order valence-electron chi connectivity index (χ3n) is 4.79. The first-order valence-electron chi connectivity index (χ1n) is 8.66. The van der Waals surface area contributed by atoms with Crippen LogP contribution in [-0.2, 0) is 4.79 Å². The van der Waals surface area contributed by atoms with Crippen LogP contribution in [0.3, 0.4) is 0 Å². The summed E-state index contributed by atoms with van der Waals surface area (Å²) in [5.74, 6) is -4.67. The van der Waals surface area contributed by atoms with E-state index in [1.54, 1.807) is 4.90 Å². The molecule has 7 nitrogen and oxygen atoms in total. The summed E-state index contributed by atoms with van der Waals surface area (Å²) in [5, 5.41) is 3.42. The standard InChI is InChI=1S/C18H21F2N5O2/c1-4-13(26)25-8-11(6-5-10(25)2)24-17-14-12(15(27)18(3,19)20)7-21-16(14)22-9-23-17/h4,7,9-11H,1,5-6,8H2,2-3H3,(H2,21,22,23,24)/t10-,11+/m0/s1. The molecule has 2 aromatic heterocycles. The highest BCUT2D eigenvalue weighted by molar-refractivity contribution is 6.13. The van der Waals surface area contributed by atoms with Gasteiger partial charge in [-0.25, -0.2) is 9.97 Å². The first-order valence-corrected chi connectivity index (χ1v) is 8.66. The number of ketones is 1. The van der Waals surface area contributed by atoms with Crippen LogP contribution in [-0.4, -0.2) is 56.1 Å². The lowest BCUT2D eigenvalue weighted by Gasteiger charge is -2.38. The van der Waals surface area contributed by atoms with Gasteiger partial charge in [-0.15, -0.1) is 0 Å². The van der Waals surface area contributed by atoms with Crippen LogP contribution in [0.5, 0.6) is 0 Å². The van der Waals surface area contributed by atoms with Crippen LogP contribution in [0.15, 0.2) is 25.2 Å². The van der Waals surface area contributed by atoms with Crippen LogP contribution >= 0.6 is 0 Å². The van der Waals surface area contributed by atoms with Gasteiger partial charge < -0.3 is 15.2 Å². The van der Waals surface area contributed by atoms with Crippen molar-refractivity contribution in [2.45, 2.75) is 44.7 Å². The zero-order valence-corrected chi connectivity index (χ0v) is 15.1. The number of carbonyl (C=O) groups excluding carboxylic acids is 2. The van der Waals surface area contributed by atoms with Crippen molar-refractivity contribution in [2.75, 3.05) is 11.9 Å². The van der Waals surface area contributed by atoms with E-state index in [4.69, 9.17) is 0 Å². The highest BCUT2D eigenvalue weighted by Crippen LogP contribution is 2.30. The molecule has 0 saturated carbocycles. The van der Waals surface area contributed by atoms with Gasteiger partial charge in [-0.1, -0.05) is 6.58 Å². The molecule has 0 radical (unpaired) electrons. The van der Waals surface area contributed by atoms with Crippen molar-refractivity contribution in [1.29, 1.82) is 0 Å². The molecule has 2 N–H and O–H groups in total. The van der Waals surface area contributed by atoms with E-state index in [9.17, 15) is 18.4 Å². The Bertz CT molecular complexity index is 889. The number of fused-ring (bicyclic) bond motifs is 1. The molecule has 1 aliphatic heterocycles. The lowest BCUT2D eigenvalue weighted by Crippen LogP contribution is -2.49. The Morgan fingerprint density at radius 1 is 1.41 bits per heavy atom. The molecule has 3 heterocycles. The predicted molar refractivity (Wildman–Crippen MR) is 96.9 cm³/mol. The first-order chi connectivity index (χ1) is 12.7. The Hall–Kier alpha value is -2.84. The number of likely N-dealkylation sites (tertiary alicyclic amines) is 1. The van der Waals surface area contributed by atoms with Crippen molar-refractivity contribution in [3.05, 3.63) is 30.7 Å². The molecule has 0 aromatic carbocycles. The van der Waals surface area contributed by atoms with Crippen LogP contribution in [0.2, 0.25) is 0 Å². The van der Waals surface area contributed by atoms with E-state index in [2.05, 4.69) is 26.8 Å². The van der Waals surface area contributed by atoms with Crippen molar-refractivity contribution >= 4 is 28.5 Å². The Morgan fingerprint density at radius 3 is 2.81 bits per heavy atom. The van der Waals surface area contributed by atoms with Crippen LogP contribution in [0, 0.1) is 0 Å². The number of rotatable bonds is 5. The molecule has 3 rings (SSSR count). The van der Waals surface area contributed by atoms with E-state index in [0.29, 0.717) is 24.9 Å². The third kappa shape index (κ3) is 3.67.